The fourth-order valence-electron chi connectivity index (χ4n) is 1.24. The molecular formula is C9H13N3O4. The third kappa shape index (κ3) is 2.57. The minimum atomic E-state index is -1.30. The van der Waals surface area contributed by atoms with E-state index < -0.39 is 24.5 Å². The maximum atomic E-state index is 11.6. The van der Waals surface area contributed by atoms with Crippen LogP contribution in [0.2, 0.25) is 0 Å². The van der Waals surface area contributed by atoms with Crippen molar-refractivity contribution < 1.29 is 19.8 Å². The minimum Gasteiger partial charge on any atom is -0.480 e. The fourth-order valence-corrected chi connectivity index (χ4v) is 1.24. The van der Waals surface area contributed by atoms with Gasteiger partial charge in [0.25, 0.3) is 5.91 Å². The van der Waals surface area contributed by atoms with Gasteiger partial charge in [-0.25, -0.2) is 4.79 Å². The van der Waals surface area contributed by atoms with Crippen LogP contribution < -0.4 is 5.32 Å². The second-order valence-corrected chi connectivity index (χ2v) is 3.35. The van der Waals surface area contributed by atoms with E-state index >= 15 is 0 Å². The molecule has 3 N–H and O–H groups in total. The lowest BCUT2D eigenvalue weighted by molar-refractivity contribution is -0.140. The summed E-state index contributed by atoms with van der Waals surface area (Å²) in [7, 11) is 1.66. The second kappa shape index (κ2) is 4.75. The van der Waals surface area contributed by atoms with Gasteiger partial charge >= 0.3 is 5.97 Å². The first-order chi connectivity index (χ1) is 7.45. The number of carbonyl (C=O) groups excluding carboxylic acids is 1. The predicted molar refractivity (Wildman–Crippen MR) is 53.9 cm³/mol. The van der Waals surface area contributed by atoms with Gasteiger partial charge in [-0.3, -0.25) is 9.48 Å². The molecule has 0 bridgehead atoms. The number of aliphatic hydroxyl groups is 1. The zero-order chi connectivity index (χ0) is 12.3. The van der Waals surface area contributed by atoms with Crippen LogP contribution in [0.15, 0.2) is 6.20 Å². The zero-order valence-corrected chi connectivity index (χ0v) is 8.97. The molecule has 0 saturated heterocycles. The zero-order valence-electron chi connectivity index (χ0n) is 8.97. The van der Waals surface area contributed by atoms with Crippen molar-refractivity contribution in [3.8, 4) is 0 Å². The van der Waals surface area contributed by atoms with Crippen molar-refractivity contribution in [1.82, 2.24) is 15.1 Å². The smallest absolute Gasteiger partial charge is 0.328 e. The normalized spacial score (nSPS) is 12.2. The highest BCUT2D eigenvalue weighted by molar-refractivity contribution is 5.97. The van der Waals surface area contributed by atoms with Gasteiger partial charge in [0.1, 0.15) is 0 Å². The first-order valence-corrected chi connectivity index (χ1v) is 4.60. The number of aryl methyl sites for hydroxylation is 2. The summed E-state index contributed by atoms with van der Waals surface area (Å²) in [6, 6.07) is -1.30. The van der Waals surface area contributed by atoms with Gasteiger partial charge in [0, 0.05) is 13.2 Å². The molecule has 0 saturated carbocycles. The third-order valence-electron chi connectivity index (χ3n) is 2.04. The topological polar surface area (TPSA) is 104 Å². The molecular weight excluding hydrogens is 214 g/mol. The van der Waals surface area contributed by atoms with E-state index in [-0.39, 0.29) is 0 Å². The van der Waals surface area contributed by atoms with Gasteiger partial charge in [-0.15, -0.1) is 0 Å². The van der Waals surface area contributed by atoms with Gasteiger partial charge in [-0.2, -0.15) is 5.10 Å². The maximum absolute atomic E-state index is 11.6. The summed E-state index contributed by atoms with van der Waals surface area (Å²) < 4.78 is 1.46. The number of carboxylic acid groups (broad SMARTS) is 1. The Morgan fingerprint density at radius 3 is 2.62 bits per heavy atom. The van der Waals surface area contributed by atoms with Crippen molar-refractivity contribution in [1.29, 1.82) is 0 Å². The lowest BCUT2D eigenvalue weighted by Gasteiger charge is -2.10. The Hall–Kier alpha value is -1.89. The summed E-state index contributed by atoms with van der Waals surface area (Å²) in [6.07, 6.45) is 1.49. The summed E-state index contributed by atoms with van der Waals surface area (Å²) in [6.45, 7) is 0.990. The van der Waals surface area contributed by atoms with Gasteiger partial charge < -0.3 is 15.5 Å². The number of hydrogen-bond acceptors (Lipinski definition) is 4. The number of amides is 1. The number of aliphatic carboxylic acids is 1. The number of hydrogen-bond donors (Lipinski definition) is 3. The van der Waals surface area contributed by atoms with Gasteiger partial charge in [0.15, 0.2) is 6.04 Å². The number of carbonyl (C=O) groups is 2. The molecule has 1 aromatic heterocycles. The third-order valence-corrected chi connectivity index (χ3v) is 2.04. The maximum Gasteiger partial charge on any atom is 0.328 e. The first kappa shape index (κ1) is 12.2. The SMILES string of the molecule is Cc1nn(C)cc1C(=O)N[C@H](CO)C(=O)O. The van der Waals surface area contributed by atoms with Crippen LogP contribution in [0.25, 0.3) is 0 Å². The lowest BCUT2D eigenvalue weighted by Crippen LogP contribution is -2.43. The Labute approximate surface area is 91.7 Å². The van der Waals surface area contributed by atoms with E-state index in [9.17, 15) is 9.59 Å². The number of carboxylic acids is 1. The van der Waals surface area contributed by atoms with Crippen LogP contribution in [0, 0.1) is 6.92 Å². The van der Waals surface area contributed by atoms with Crippen molar-refractivity contribution in [2.45, 2.75) is 13.0 Å². The van der Waals surface area contributed by atoms with Gasteiger partial charge in [-0.05, 0) is 6.92 Å². The van der Waals surface area contributed by atoms with Crippen LogP contribution in [-0.4, -0.2) is 44.5 Å². The van der Waals surface area contributed by atoms with Crippen LogP contribution in [-0.2, 0) is 11.8 Å². The van der Waals surface area contributed by atoms with Crippen molar-refractivity contribution in [2.24, 2.45) is 7.05 Å². The second-order valence-electron chi connectivity index (χ2n) is 3.35. The monoisotopic (exact) mass is 227 g/mol. The van der Waals surface area contributed by atoms with Crippen LogP contribution >= 0.6 is 0 Å². The Morgan fingerprint density at radius 2 is 2.25 bits per heavy atom. The molecule has 1 atom stereocenters. The molecule has 0 aliphatic heterocycles. The molecule has 0 unspecified atom stereocenters. The quantitative estimate of drug-likeness (QED) is 0.606. The van der Waals surface area contributed by atoms with Gasteiger partial charge in [0.2, 0.25) is 0 Å². The van der Waals surface area contributed by atoms with E-state index in [4.69, 9.17) is 10.2 Å². The Morgan fingerprint density at radius 1 is 1.62 bits per heavy atom. The molecule has 88 valence electrons. The van der Waals surface area contributed by atoms with E-state index in [1.165, 1.54) is 10.9 Å². The summed E-state index contributed by atoms with van der Waals surface area (Å²) in [4.78, 5) is 22.2. The Balaban J connectivity index is 2.79. The highest BCUT2D eigenvalue weighted by atomic mass is 16.4. The standard InChI is InChI=1S/C9H13N3O4/c1-5-6(3-12(2)11-5)8(14)10-7(4-13)9(15)16/h3,7,13H,4H2,1-2H3,(H,10,14)(H,15,16)/t7-/m1/s1. The number of aliphatic hydroxyl groups excluding tert-OH is 1. The van der Waals surface area contributed by atoms with Crippen molar-refractivity contribution in [3.05, 3.63) is 17.5 Å². The van der Waals surface area contributed by atoms with Gasteiger partial charge in [-0.1, -0.05) is 0 Å². The average molecular weight is 227 g/mol. The van der Waals surface area contributed by atoms with Crippen LogP contribution in [0.3, 0.4) is 0 Å². The molecule has 0 spiro atoms. The van der Waals surface area contributed by atoms with Crippen molar-refractivity contribution in [2.75, 3.05) is 6.61 Å². The molecule has 0 radical (unpaired) electrons. The molecule has 1 amide bonds. The van der Waals surface area contributed by atoms with E-state index in [0.717, 1.165) is 0 Å². The molecule has 0 aromatic carbocycles. The summed E-state index contributed by atoms with van der Waals surface area (Å²) >= 11 is 0. The van der Waals surface area contributed by atoms with Crippen LogP contribution in [0.1, 0.15) is 16.1 Å². The minimum absolute atomic E-state index is 0.294. The highest BCUT2D eigenvalue weighted by Gasteiger charge is 2.21. The number of nitrogens with one attached hydrogen (secondary N) is 1. The number of nitrogens with zero attached hydrogens (tertiary/aromatic N) is 2. The molecule has 0 aliphatic carbocycles. The van der Waals surface area contributed by atoms with E-state index in [1.54, 1.807) is 14.0 Å². The molecule has 1 heterocycles. The molecule has 0 fully saturated rings. The number of rotatable bonds is 4. The molecule has 7 heteroatoms. The first-order valence-electron chi connectivity index (χ1n) is 4.60. The molecule has 1 rings (SSSR count). The largest absolute Gasteiger partial charge is 0.480 e. The highest BCUT2D eigenvalue weighted by Crippen LogP contribution is 2.04. The van der Waals surface area contributed by atoms with Gasteiger partial charge in [0.05, 0.1) is 17.9 Å². The summed E-state index contributed by atoms with van der Waals surface area (Å²) in [5, 5.41) is 23.5. The van der Waals surface area contributed by atoms with Crippen molar-refractivity contribution >= 4 is 11.9 Å². The Kier molecular flexibility index (Phi) is 3.62. The number of aromatic nitrogens is 2. The molecule has 7 nitrogen and oxygen atoms in total. The average Bonchev–Trinajstić information content (AvgIpc) is 2.53. The summed E-state index contributed by atoms with van der Waals surface area (Å²) in [5.74, 6) is -1.84. The molecule has 0 aliphatic rings. The van der Waals surface area contributed by atoms with E-state index in [1.807, 2.05) is 0 Å². The molecule has 16 heavy (non-hydrogen) atoms. The summed E-state index contributed by atoms with van der Waals surface area (Å²) in [5.41, 5.74) is 0.796. The molecule has 1 aromatic rings. The van der Waals surface area contributed by atoms with Crippen LogP contribution in [0.5, 0.6) is 0 Å². The lowest BCUT2D eigenvalue weighted by atomic mass is 10.2. The van der Waals surface area contributed by atoms with Crippen LogP contribution in [0.4, 0.5) is 0 Å². The van der Waals surface area contributed by atoms with Crippen molar-refractivity contribution in [3.63, 3.8) is 0 Å². The predicted octanol–water partition coefficient (Wildman–Crippen LogP) is -1.10. The fraction of sp³-hybridized carbons (Fsp3) is 0.444. The Bertz CT molecular complexity index is 413. The van der Waals surface area contributed by atoms with E-state index in [2.05, 4.69) is 10.4 Å². The van der Waals surface area contributed by atoms with E-state index in [0.29, 0.717) is 11.3 Å².